The monoisotopic (exact) mass is 513 g/mol. The van der Waals surface area contributed by atoms with E-state index in [0.29, 0.717) is 18.9 Å². The van der Waals surface area contributed by atoms with Gasteiger partial charge in [0, 0.05) is 50.0 Å². The summed E-state index contributed by atoms with van der Waals surface area (Å²) in [7, 11) is -2.52. The van der Waals surface area contributed by atoms with Crippen LogP contribution in [0.5, 0.6) is 0 Å². The fourth-order valence-corrected chi connectivity index (χ4v) is 10.2. The van der Waals surface area contributed by atoms with E-state index < -0.39 is 8.32 Å². The van der Waals surface area contributed by atoms with Crippen LogP contribution >= 0.6 is 0 Å². The first-order valence-electron chi connectivity index (χ1n) is 13.0. The van der Waals surface area contributed by atoms with E-state index in [1.165, 1.54) is 10.4 Å². The summed E-state index contributed by atoms with van der Waals surface area (Å²) < 4.78 is 7.11. The molecular formula is C30H35N3O3Si. The Bertz CT molecular complexity index is 1200. The number of anilines is 2. The lowest BCUT2D eigenvalue weighted by Crippen LogP contribution is -2.67. The molecule has 3 aromatic rings. The number of benzene rings is 3. The largest absolute Gasteiger partial charge is 0.407 e. The molecule has 1 N–H and O–H groups in total. The molecule has 0 spiro atoms. The first kappa shape index (κ1) is 25.2. The Balaban J connectivity index is 1.27. The van der Waals surface area contributed by atoms with Crippen molar-refractivity contribution >= 4 is 42.0 Å². The van der Waals surface area contributed by atoms with E-state index in [1.807, 2.05) is 12.1 Å². The molecule has 2 aliphatic rings. The Labute approximate surface area is 220 Å². The maximum absolute atomic E-state index is 12.1. The molecule has 3 amide bonds. The second-order valence-corrected chi connectivity index (χ2v) is 15.3. The van der Waals surface area contributed by atoms with Gasteiger partial charge in [0.05, 0.1) is 0 Å². The first-order chi connectivity index (χ1) is 17.8. The zero-order valence-corrected chi connectivity index (χ0v) is 22.8. The molecule has 2 fully saturated rings. The third kappa shape index (κ3) is 4.93. The number of amides is 3. The SMILES string of the molecule is CC(C)(C)[Si](OCC1CN(c2ccc(N3CCC(=O)NC3=O)cc2)C1)(c1ccccc1)c1ccccc1. The van der Waals surface area contributed by atoms with E-state index in [2.05, 4.69) is 104 Å². The van der Waals surface area contributed by atoms with Gasteiger partial charge in [-0.25, -0.2) is 4.79 Å². The standard InChI is InChI=1S/C30H35N3O3Si/c1-30(2,3)37(26-10-6-4-7-11-26,27-12-8-5-9-13-27)36-22-23-20-32(21-23)24-14-16-25(17-15-24)33-19-18-28(34)31-29(33)35/h4-17,23H,18-22H2,1-3H3,(H,31,34,35). The Kier molecular flexibility index (Phi) is 6.92. The Morgan fingerprint density at radius 2 is 1.38 bits per heavy atom. The zero-order chi connectivity index (χ0) is 26.0. The van der Waals surface area contributed by atoms with Gasteiger partial charge >= 0.3 is 6.03 Å². The Morgan fingerprint density at radius 1 is 0.838 bits per heavy atom. The molecule has 37 heavy (non-hydrogen) atoms. The maximum atomic E-state index is 12.1. The molecule has 6 nitrogen and oxygen atoms in total. The van der Waals surface area contributed by atoms with Crippen molar-refractivity contribution in [3.63, 3.8) is 0 Å². The van der Waals surface area contributed by atoms with E-state index in [9.17, 15) is 9.59 Å². The molecule has 0 unspecified atom stereocenters. The third-order valence-electron chi connectivity index (χ3n) is 7.49. The third-order valence-corrected chi connectivity index (χ3v) is 12.5. The predicted octanol–water partition coefficient (Wildman–Crippen LogP) is 4.15. The van der Waals surface area contributed by atoms with Gasteiger partial charge in [-0.1, -0.05) is 81.4 Å². The lowest BCUT2D eigenvalue weighted by molar-refractivity contribution is -0.120. The molecule has 5 rings (SSSR count). The maximum Gasteiger partial charge on any atom is 0.328 e. The summed E-state index contributed by atoms with van der Waals surface area (Å²) in [5.41, 5.74) is 1.94. The number of carbonyl (C=O) groups is 2. The number of hydrogen-bond donors (Lipinski definition) is 1. The fourth-order valence-electron chi connectivity index (χ4n) is 5.54. The molecule has 2 aliphatic heterocycles. The lowest BCUT2D eigenvalue weighted by atomic mass is 10.0. The minimum Gasteiger partial charge on any atom is -0.407 e. The Morgan fingerprint density at radius 3 is 1.89 bits per heavy atom. The smallest absolute Gasteiger partial charge is 0.328 e. The molecule has 0 bridgehead atoms. The van der Waals surface area contributed by atoms with E-state index in [1.54, 1.807) is 4.90 Å². The number of hydrogen-bond acceptors (Lipinski definition) is 4. The minimum absolute atomic E-state index is 0.0275. The molecule has 0 aromatic heterocycles. The van der Waals surface area contributed by atoms with Gasteiger partial charge in [0.15, 0.2) is 0 Å². The van der Waals surface area contributed by atoms with Crippen molar-refractivity contribution in [3.05, 3.63) is 84.9 Å². The summed E-state index contributed by atoms with van der Waals surface area (Å²) in [6.07, 6.45) is 0.326. The molecule has 0 aliphatic carbocycles. The molecule has 192 valence electrons. The summed E-state index contributed by atoms with van der Waals surface area (Å²) in [6.45, 7) is 9.96. The van der Waals surface area contributed by atoms with Gasteiger partial charge < -0.3 is 9.33 Å². The van der Waals surface area contributed by atoms with Gasteiger partial charge in [-0.05, 0) is 39.7 Å². The van der Waals surface area contributed by atoms with Crippen LogP contribution in [0.2, 0.25) is 5.04 Å². The average Bonchev–Trinajstić information content (AvgIpc) is 2.86. The number of nitrogens with zero attached hydrogens (tertiary/aromatic N) is 2. The van der Waals surface area contributed by atoms with Crippen molar-refractivity contribution in [2.45, 2.75) is 32.2 Å². The van der Waals surface area contributed by atoms with Gasteiger partial charge in [0.2, 0.25) is 5.91 Å². The van der Waals surface area contributed by atoms with Crippen LogP contribution in [0.15, 0.2) is 84.9 Å². The molecule has 0 atom stereocenters. The van der Waals surface area contributed by atoms with Gasteiger partial charge in [-0.3, -0.25) is 15.0 Å². The second-order valence-electron chi connectivity index (χ2n) is 11.0. The molecule has 0 radical (unpaired) electrons. The highest BCUT2D eigenvalue weighted by atomic mass is 28.4. The quantitative estimate of drug-likeness (QED) is 0.483. The highest BCUT2D eigenvalue weighted by molar-refractivity contribution is 6.99. The van der Waals surface area contributed by atoms with Crippen LogP contribution in [0.1, 0.15) is 27.2 Å². The normalized spacial score (nSPS) is 16.9. The van der Waals surface area contributed by atoms with E-state index in [0.717, 1.165) is 31.1 Å². The van der Waals surface area contributed by atoms with Crippen molar-refractivity contribution in [2.75, 3.05) is 36.0 Å². The number of nitrogens with one attached hydrogen (secondary N) is 1. The number of imide groups is 1. The van der Waals surface area contributed by atoms with Crippen molar-refractivity contribution in [1.82, 2.24) is 5.32 Å². The van der Waals surface area contributed by atoms with Crippen molar-refractivity contribution in [1.29, 1.82) is 0 Å². The summed E-state index contributed by atoms with van der Waals surface area (Å²) in [4.78, 5) is 27.5. The summed E-state index contributed by atoms with van der Waals surface area (Å²) >= 11 is 0. The van der Waals surface area contributed by atoms with Gasteiger partial charge in [-0.15, -0.1) is 0 Å². The highest BCUT2D eigenvalue weighted by Gasteiger charge is 2.50. The van der Waals surface area contributed by atoms with E-state index in [4.69, 9.17) is 4.43 Å². The highest BCUT2D eigenvalue weighted by Crippen LogP contribution is 2.38. The van der Waals surface area contributed by atoms with Crippen LogP contribution in [-0.2, 0) is 9.22 Å². The van der Waals surface area contributed by atoms with Crippen molar-refractivity contribution < 1.29 is 14.0 Å². The predicted molar refractivity (Wildman–Crippen MR) is 151 cm³/mol. The van der Waals surface area contributed by atoms with Gasteiger partial charge in [0.25, 0.3) is 8.32 Å². The lowest BCUT2D eigenvalue weighted by Gasteiger charge is -2.46. The molecule has 0 saturated carbocycles. The van der Waals surface area contributed by atoms with Gasteiger partial charge in [-0.2, -0.15) is 0 Å². The fraction of sp³-hybridized carbons (Fsp3) is 0.333. The van der Waals surface area contributed by atoms with Gasteiger partial charge in [0.1, 0.15) is 0 Å². The molecule has 2 heterocycles. The summed E-state index contributed by atoms with van der Waals surface area (Å²) in [5.74, 6) is 0.241. The second kappa shape index (κ2) is 10.1. The number of carbonyl (C=O) groups excluding carboxylic acids is 2. The first-order valence-corrected chi connectivity index (χ1v) is 14.9. The minimum atomic E-state index is -2.52. The van der Waals surface area contributed by atoms with Crippen molar-refractivity contribution in [2.24, 2.45) is 5.92 Å². The average molecular weight is 514 g/mol. The molecule has 3 aromatic carbocycles. The van der Waals surface area contributed by atoms with Crippen LogP contribution in [0.3, 0.4) is 0 Å². The number of rotatable bonds is 7. The summed E-state index contributed by atoms with van der Waals surface area (Å²) in [5, 5.41) is 4.97. The Hall–Kier alpha value is -3.42. The summed E-state index contributed by atoms with van der Waals surface area (Å²) in [6, 6.07) is 29.2. The van der Waals surface area contributed by atoms with Crippen LogP contribution in [-0.4, -0.2) is 46.5 Å². The van der Waals surface area contributed by atoms with Crippen LogP contribution in [0.4, 0.5) is 16.2 Å². The van der Waals surface area contributed by atoms with Crippen molar-refractivity contribution in [3.8, 4) is 0 Å². The van der Waals surface area contributed by atoms with E-state index in [-0.39, 0.29) is 17.0 Å². The molecular weight excluding hydrogens is 478 g/mol. The topological polar surface area (TPSA) is 61.9 Å². The van der Waals surface area contributed by atoms with Crippen LogP contribution in [0, 0.1) is 5.92 Å². The molecule has 7 heteroatoms. The van der Waals surface area contributed by atoms with E-state index >= 15 is 0 Å². The zero-order valence-electron chi connectivity index (χ0n) is 21.8. The number of urea groups is 1. The molecule has 2 saturated heterocycles. The van der Waals surface area contributed by atoms with Crippen LogP contribution < -0.4 is 25.5 Å². The van der Waals surface area contributed by atoms with Crippen LogP contribution in [0.25, 0.3) is 0 Å².